The Morgan fingerprint density at radius 1 is 1.42 bits per heavy atom. The predicted molar refractivity (Wildman–Crippen MR) is 77.2 cm³/mol. The minimum Gasteiger partial charge on any atom is -0.497 e. The first kappa shape index (κ1) is 14.0. The molecule has 19 heavy (non-hydrogen) atoms. The lowest BCUT2D eigenvalue weighted by Gasteiger charge is -2.11. The van der Waals surface area contributed by atoms with E-state index in [1.54, 1.807) is 36.9 Å². The highest BCUT2D eigenvalue weighted by atomic mass is 32.2. The predicted octanol–water partition coefficient (Wildman–Crippen LogP) is 3.30. The molecule has 0 fully saturated rings. The molecule has 0 aliphatic carbocycles. The van der Waals surface area contributed by atoms with Crippen LogP contribution in [-0.4, -0.2) is 28.3 Å². The third-order valence-electron chi connectivity index (χ3n) is 2.62. The molecule has 0 amide bonds. The number of methoxy groups -OCH3 is 1. The Bertz CT molecular complexity index is 526. The van der Waals surface area contributed by atoms with E-state index in [0.29, 0.717) is 5.56 Å². The lowest BCUT2D eigenvalue weighted by Crippen LogP contribution is -2.16. The van der Waals surface area contributed by atoms with Crippen LogP contribution in [0.2, 0.25) is 0 Å². The van der Waals surface area contributed by atoms with Crippen LogP contribution in [0, 0.1) is 0 Å². The monoisotopic (exact) mass is 294 g/mol. The van der Waals surface area contributed by atoms with Crippen molar-refractivity contribution in [3.8, 4) is 5.75 Å². The number of Topliss-reactive ketones (excluding diaryl/α,β-unsaturated/α-hetero) is 1. The van der Waals surface area contributed by atoms with Crippen molar-refractivity contribution in [2.45, 2.75) is 22.9 Å². The molecule has 0 aliphatic rings. The topological polar surface area (TPSA) is 52.1 Å². The van der Waals surface area contributed by atoms with Gasteiger partial charge in [-0.2, -0.15) is 0 Å². The van der Waals surface area contributed by atoms with Gasteiger partial charge in [0, 0.05) is 5.56 Å². The van der Waals surface area contributed by atoms with Crippen molar-refractivity contribution in [2.75, 3.05) is 7.11 Å². The van der Waals surface area contributed by atoms with Crippen molar-refractivity contribution < 1.29 is 9.53 Å². The molecular formula is C13H14N2O2S2. The largest absolute Gasteiger partial charge is 0.497 e. The van der Waals surface area contributed by atoms with Crippen LogP contribution in [-0.2, 0) is 0 Å². The normalized spacial score (nSPS) is 12.1. The van der Waals surface area contributed by atoms with E-state index < -0.39 is 0 Å². The van der Waals surface area contributed by atoms with Gasteiger partial charge < -0.3 is 4.74 Å². The second-order valence-electron chi connectivity index (χ2n) is 3.81. The van der Waals surface area contributed by atoms with E-state index in [2.05, 4.69) is 10.2 Å². The summed E-state index contributed by atoms with van der Waals surface area (Å²) in [4.78, 5) is 12.4. The number of hydrogen-bond donors (Lipinski definition) is 0. The number of rotatable bonds is 6. The Balaban J connectivity index is 2.10. The number of nitrogens with zero attached hydrogens (tertiary/aromatic N) is 2. The summed E-state index contributed by atoms with van der Waals surface area (Å²) in [5.41, 5.74) is 2.37. The van der Waals surface area contributed by atoms with Gasteiger partial charge in [-0.25, -0.2) is 0 Å². The maximum Gasteiger partial charge on any atom is 0.176 e. The Kier molecular flexibility index (Phi) is 4.93. The summed E-state index contributed by atoms with van der Waals surface area (Å²) in [6, 6.07) is 7.19. The molecule has 1 aromatic carbocycles. The summed E-state index contributed by atoms with van der Waals surface area (Å²) in [6.45, 7) is 2.00. The van der Waals surface area contributed by atoms with Crippen LogP contribution >= 0.6 is 23.1 Å². The van der Waals surface area contributed by atoms with Gasteiger partial charge >= 0.3 is 0 Å². The molecule has 2 aromatic rings. The zero-order valence-electron chi connectivity index (χ0n) is 10.7. The van der Waals surface area contributed by atoms with Crippen LogP contribution in [0.15, 0.2) is 34.1 Å². The second kappa shape index (κ2) is 6.68. The van der Waals surface area contributed by atoms with E-state index in [9.17, 15) is 4.79 Å². The Labute approximate surface area is 120 Å². The first-order valence-electron chi connectivity index (χ1n) is 5.85. The standard InChI is InChI=1S/C13H14N2O2S2/c1-3-11(19-13-15-14-8-18-13)12(16)9-4-6-10(17-2)7-5-9/h4-8,11H,3H2,1-2H3/t11-/m0/s1. The van der Waals surface area contributed by atoms with Gasteiger partial charge in [0.2, 0.25) is 0 Å². The second-order valence-corrected chi connectivity index (χ2v) is 6.10. The quantitative estimate of drug-likeness (QED) is 0.604. The molecule has 0 saturated carbocycles. The van der Waals surface area contributed by atoms with Crippen molar-refractivity contribution in [3.63, 3.8) is 0 Å². The molecule has 6 heteroatoms. The van der Waals surface area contributed by atoms with Gasteiger partial charge in [0.25, 0.3) is 0 Å². The van der Waals surface area contributed by atoms with E-state index in [1.165, 1.54) is 23.1 Å². The molecule has 0 spiro atoms. The fourth-order valence-electron chi connectivity index (χ4n) is 1.60. The van der Waals surface area contributed by atoms with Gasteiger partial charge in [0.1, 0.15) is 11.3 Å². The van der Waals surface area contributed by atoms with Crippen molar-refractivity contribution in [2.24, 2.45) is 0 Å². The van der Waals surface area contributed by atoms with E-state index in [0.717, 1.165) is 16.5 Å². The number of aromatic nitrogens is 2. The first-order valence-corrected chi connectivity index (χ1v) is 7.61. The molecule has 0 N–H and O–H groups in total. The molecule has 1 aromatic heterocycles. The molecule has 4 nitrogen and oxygen atoms in total. The molecule has 0 unspecified atom stereocenters. The molecule has 1 heterocycles. The van der Waals surface area contributed by atoms with Gasteiger partial charge in [-0.05, 0) is 30.7 Å². The summed E-state index contributed by atoms with van der Waals surface area (Å²) >= 11 is 2.93. The van der Waals surface area contributed by atoms with Gasteiger partial charge in [-0.1, -0.05) is 30.0 Å². The number of ether oxygens (including phenoxy) is 1. The summed E-state index contributed by atoms with van der Waals surface area (Å²) in [6.07, 6.45) is 0.759. The van der Waals surface area contributed by atoms with E-state index >= 15 is 0 Å². The van der Waals surface area contributed by atoms with Gasteiger partial charge in [-0.3, -0.25) is 4.79 Å². The number of benzene rings is 1. The molecule has 0 aliphatic heterocycles. The lowest BCUT2D eigenvalue weighted by atomic mass is 10.1. The highest BCUT2D eigenvalue weighted by Crippen LogP contribution is 2.29. The van der Waals surface area contributed by atoms with Crippen molar-refractivity contribution in [3.05, 3.63) is 35.3 Å². The highest BCUT2D eigenvalue weighted by Gasteiger charge is 2.20. The number of ketones is 1. The minimum atomic E-state index is -0.124. The maximum atomic E-state index is 12.4. The lowest BCUT2D eigenvalue weighted by molar-refractivity contribution is 0.0988. The SMILES string of the molecule is CC[C@H](Sc1nncs1)C(=O)c1ccc(OC)cc1. The molecule has 0 saturated heterocycles. The van der Waals surface area contributed by atoms with Gasteiger partial charge in [-0.15, -0.1) is 10.2 Å². The Hall–Kier alpha value is -1.40. The van der Waals surface area contributed by atoms with Crippen LogP contribution in [0.5, 0.6) is 5.75 Å². The molecule has 1 atom stereocenters. The summed E-state index contributed by atoms with van der Waals surface area (Å²) in [5.74, 6) is 0.867. The number of carbonyl (C=O) groups excluding carboxylic acids is 1. The summed E-state index contributed by atoms with van der Waals surface area (Å²) < 4.78 is 5.92. The van der Waals surface area contributed by atoms with E-state index in [-0.39, 0.29) is 11.0 Å². The third kappa shape index (κ3) is 3.54. The fourth-order valence-corrected chi connectivity index (χ4v) is 3.33. The fraction of sp³-hybridized carbons (Fsp3) is 0.308. The zero-order chi connectivity index (χ0) is 13.7. The molecular weight excluding hydrogens is 280 g/mol. The van der Waals surface area contributed by atoms with Crippen molar-refractivity contribution >= 4 is 28.9 Å². The summed E-state index contributed by atoms with van der Waals surface area (Å²) in [7, 11) is 1.61. The Morgan fingerprint density at radius 3 is 2.68 bits per heavy atom. The third-order valence-corrected chi connectivity index (χ3v) is 4.80. The maximum absolute atomic E-state index is 12.4. The van der Waals surface area contributed by atoms with Gasteiger partial charge in [0.15, 0.2) is 10.1 Å². The molecule has 100 valence electrons. The number of hydrogen-bond acceptors (Lipinski definition) is 6. The smallest absolute Gasteiger partial charge is 0.176 e. The molecule has 2 rings (SSSR count). The Morgan fingerprint density at radius 2 is 2.16 bits per heavy atom. The van der Waals surface area contributed by atoms with Crippen LogP contribution in [0.1, 0.15) is 23.7 Å². The average molecular weight is 294 g/mol. The zero-order valence-corrected chi connectivity index (χ0v) is 12.3. The van der Waals surface area contributed by atoms with Crippen LogP contribution in [0.4, 0.5) is 0 Å². The van der Waals surface area contributed by atoms with Crippen LogP contribution in [0.25, 0.3) is 0 Å². The molecule has 0 radical (unpaired) electrons. The van der Waals surface area contributed by atoms with Crippen LogP contribution < -0.4 is 4.74 Å². The van der Waals surface area contributed by atoms with Crippen LogP contribution in [0.3, 0.4) is 0 Å². The summed E-state index contributed by atoms with van der Waals surface area (Å²) in [5, 5.41) is 7.63. The van der Waals surface area contributed by atoms with Crippen molar-refractivity contribution in [1.29, 1.82) is 0 Å². The number of carbonyl (C=O) groups is 1. The van der Waals surface area contributed by atoms with E-state index in [1.807, 2.05) is 6.92 Å². The van der Waals surface area contributed by atoms with Gasteiger partial charge in [0.05, 0.1) is 12.4 Å². The van der Waals surface area contributed by atoms with E-state index in [4.69, 9.17) is 4.74 Å². The molecule has 0 bridgehead atoms. The first-order chi connectivity index (χ1) is 9.24. The number of thioether (sulfide) groups is 1. The van der Waals surface area contributed by atoms with Crippen molar-refractivity contribution in [1.82, 2.24) is 10.2 Å². The minimum absolute atomic E-state index is 0.116. The average Bonchev–Trinajstić information content (AvgIpc) is 2.97. The highest BCUT2D eigenvalue weighted by molar-refractivity contribution is 8.02.